The van der Waals surface area contributed by atoms with Gasteiger partial charge in [0.2, 0.25) is 0 Å². The molecule has 6 heteroatoms. The first kappa shape index (κ1) is 62.4. The molecule has 0 aromatic heterocycles. The van der Waals surface area contributed by atoms with Crippen LogP contribution >= 0.6 is 0 Å². The Morgan fingerprint density at radius 2 is 0.554 bits per heavy atom. The molecule has 0 bridgehead atoms. The highest BCUT2D eigenvalue weighted by atomic mass is 16.6. The van der Waals surface area contributed by atoms with Crippen molar-refractivity contribution >= 4 is 17.9 Å². The van der Waals surface area contributed by atoms with E-state index in [1.54, 1.807) is 0 Å². The Morgan fingerprint density at radius 3 is 0.892 bits per heavy atom. The monoisotopic (exact) mass is 911 g/mol. The summed E-state index contributed by atoms with van der Waals surface area (Å²) < 4.78 is 16.8. The van der Waals surface area contributed by atoms with Crippen LogP contribution in [-0.2, 0) is 28.6 Å². The number of esters is 3. The average molecular weight is 911 g/mol. The van der Waals surface area contributed by atoms with Gasteiger partial charge in [-0.15, -0.1) is 0 Å². The molecule has 0 spiro atoms. The molecule has 0 saturated heterocycles. The highest BCUT2D eigenvalue weighted by molar-refractivity contribution is 5.71. The Morgan fingerprint density at radius 1 is 0.308 bits per heavy atom. The number of hydrogen-bond acceptors (Lipinski definition) is 6. The Labute approximate surface area is 403 Å². The molecule has 1 atom stereocenters. The highest BCUT2D eigenvalue weighted by Gasteiger charge is 2.19. The van der Waals surface area contributed by atoms with Gasteiger partial charge in [-0.3, -0.25) is 14.4 Å². The molecule has 0 radical (unpaired) electrons. The number of unbranched alkanes of at least 4 members (excludes halogenated alkanes) is 32. The fourth-order valence-electron chi connectivity index (χ4n) is 8.07. The van der Waals surface area contributed by atoms with Crippen molar-refractivity contribution in [2.24, 2.45) is 0 Å². The van der Waals surface area contributed by atoms with Gasteiger partial charge in [0.05, 0.1) is 0 Å². The molecule has 0 aliphatic carbocycles. The first-order valence-corrected chi connectivity index (χ1v) is 28.1. The Hall–Kier alpha value is -2.63. The van der Waals surface area contributed by atoms with Gasteiger partial charge in [-0.2, -0.15) is 0 Å². The van der Waals surface area contributed by atoms with E-state index in [2.05, 4.69) is 69.4 Å². The fourth-order valence-corrected chi connectivity index (χ4v) is 8.07. The van der Waals surface area contributed by atoms with Crippen molar-refractivity contribution in [1.82, 2.24) is 0 Å². The second-order valence-corrected chi connectivity index (χ2v) is 18.9. The van der Waals surface area contributed by atoms with E-state index < -0.39 is 6.10 Å². The molecule has 0 aliphatic rings. The molecule has 0 fully saturated rings. The summed E-state index contributed by atoms with van der Waals surface area (Å²) in [4.78, 5) is 38.1. The predicted octanol–water partition coefficient (Wildman–Crippen LogP) is 18.7. The van der Waals surface area contributed by atoms with Crippen LogP contribution in [0.2, 0.25) is 0 Å². The van der Waals surface area contributed by atoms with Crippen LogP contribution in [0.3, 0.4) is 0 Å². The molecule has 65 heavy (non-hydrogen) atoms. The predicted molar refractivity (Wildman–Crippen MR) is 279 cm³/mol. The van der Waals surface area contributed by atoms with Gasteiger partial charge >= 0.3 is 17.9 Å². The number of carbonyl (C=O) groups excluding carboxylic acids is 3. The maximum Gasteiger partial charge on any atom is 0.306 e. The third kappa shape index (κ3) is 52.2. The third-order valence-electron chi connectivity index (χ3n) is 12.3. The van der Waals surface area contributed by atoms with Gasteiger partial charge in [-0.25, -0.2) is 0 Å². The van der Waals surface area contributed by atoms with E-state index in [1.165, 1.54) is 167 Å². The largest absolute Gasteiger partial charge is 0.462 e. The minimum Gasteiger partial charge on any atom is -0.462 e. The van der Waals surface area contributed by atoms with Crippen LogP contribution < -0.4 is 0 Å². The standard InChI is InChI=1S/C59H106O6/c1-4-7-10-13-16-19-22-25-27-28-29-30-32-34-37-40-43-46-49-52-58(61)64-55-56(54-63-57(60)51-48-45-42-39-36-33-24-21-18-15-12-9-6-3)65-59(62)53-50-47-44-41-38-35-31-26-23-20-17-14-11-8-5-2/h16,19,25,27,29-30,34,37,56H,4-15,17-18,20-24,26,28,31-33,35-36,38-55H2,1-3H3/b19-16+,27-25+,30-29+,37-34+/t56-/m1/s1. The van der Waals surface area contributed by atoms with Crippen LogP contribution in [0.1, 0.15) is 290 Å². The lowest BCUT2D eigenvalue weighted by molar-refractivity contribution is -0.167. The second-order valence-electron chi connectivity index (χ2n) is 18.9. The maximum atomic E-state index is 12.8. The third-order valence-corrected chi connectivity index (χ3v) is 12.3. The van der Waals surface area contributed by atoms with Crippen molar-refractivity contribution in [3.63, 3.8) is 0 Å². The SMILES string of the molecule is CCCCC/C=C/C/C=C/C/C=C/C/C=C/CCCCCC(=O)OC[C@@H](COC(=O)CCCCCCCCCCCCCCC)OC(=O)CCCCCCCCCCCCCCCCC. The van der Waals surface area contributed by atoms with Crippen LogP contribution in [0.4, 0.5) is 0 Å². The van der Waals surface area contributed by atoms with Crippen molar-refractivity contribution in [2.75, 3.05) is 13.2 Å². The first-order chi connectivity index (χ1) is 32.0. The molecule has 378 valence electrons. The molecule has 0 rings (SSSR count). The molecule has 0 heterocycles. The minimum absolute atomic E-state index is 0.0791. The van der Waals surface area contributed by atoms with Crippen LogP contribution in [0.15, 0.2) is 48.6 Å². The minimum atomic E-state index is -0.782. The summed E-state index contributed by atoms with van der Waals surface area (Å²) in [5, 5.41) is 0. The lowest BCUT2D eigenvalue weighted by atomic mass is 10.0. The van der Waals surface area contributed by atoms with Crippen LogP contribution in [0.5, 0.6) is 0 Å². The fraction of sp³-hybridized carbons (Fsp3) is 0.814. The van der Waals surface area contributed by atoms with E-state index >= 15 is 0 Å². The smallest absolute Gasteiger partial charge is 0.306 e. The molecule has 0 amide bonds. The van der Waals surface area contributed by atoms with Gasteiger partial charge in [-0.05, 0) is 64.2 Å². The van der Waals surface area contributed by atoms with Gasteiger partial charge in [0.25, 0.3) is 0 Å². The first-order valence-electron chi connectivity index (χ1n) is 28.1. The topological polar surface area (TPSA) is 78.9 Å². The Bertz CT molecular complexity index is 1140. The number of rotatable bonds is 51. The summed E-state index contributed by atoms with van der Waals surface area (Å²) in [6.07, 6.45) is 65.2. The zero-order valence-electron chi connectivity index (χ0n) is 43.3. The number of hydrogen-bond donors (Lipinski definition) is 0. The number of carbonyl (C=O) groups is 3. The van der Waals surface area contributed by atoms with Gasteiger partial charge < -0.3 is 14.2 Å². The van der Waals surface area contributed by atoms with Gasteiger partial charge in [-0.1, -0.05) is 256 Å². The summed E-state index contributed by atoms with van der Waals surface area (Å²) in [7, 11) is 0. The maximum absolute atomic E-state index is 12.8. The van der Waals surface area contributed by atoms with E-state index in [-0.39, 0.29) is 31.1 Å². The molecule has 0 aliphatic heterocycles. The normalized spacial score (nSPS) is 12.4. The van der Waals surface area contributed by atoms with E-state index in [1.807, 2.05) is 0 Å². The van der Waals surface area contributed by atoms with Crippen molar-refractivity contribution in [3.05, 3.63) is 48.6 Å². The van der Waals surface area contributed by atoms with Crippen LogP contribution in [-0.4, -0.2) is 37.2 Å². The summed E-state index contributed by atoms with van der Waals surface area (Å²) in [5.41, 5.74) is 0. The summed E-state index contributed by atoms with van der Waals surface area (Å²) >= 11 is 0. The zero-order chi connectivity index (χ0) is 47.2. The van der Waals surface area contributed by atoms with Crippen molar-refractivity contribution < 1.29 is 28.6 Å². The highest BCUT2D eigenvalue weighted by Crippen LogP contribution is 2.16. The Balaban J connectivity index is 4.40. The number of ether oxygens (including phenoxy) is 3. The molecule has 0 unspecified atom stereocenters. The summed E-state index contributed by atoms with van der Waals surface area (Å²) in [5.74, 6) is -0.897. The van der Waals surface area contributed by atoms with Gasteiger partial charge in [0, 0.05) is 19.3 Å². The molecule has 0 N–H and O–H groups in total. The van der Waals surface area contributed by atoms with E-state index in [9.17, 15) is 14.4 Å². The van der Waals surface area contributed by atoms with E-state index in [0.29, 0.717) is 19.3 Å². The van der Waals surface area contributed by atoms with Crippen molar-refractivity contribution in [2.45, 2.75) is 297 Å². The zero-order valence-corrected chi connectivity index (χ0v) is 43.3. The van der Waals surface area contributed by atoms with Crippen LogP contribution in [0.25, 0.3) is 0 Å². The van der Waals surface area contributed by atoms with Crippen molar-refractivity contribution in [3.8, 4) is 0 Å². The molecular weight excluding hydrogens is 805 g/mol. The summed E-state index contributed by atoms with van der Waals surface area (Å²) in [6, 6.07) is 0. The molecule has 0 aromatic carbocycles. The lowest BCUT2D eigenvalue weighted by Gasteiger charge is -2.18. The number of allylic oxidation sites excluding steroid dienone is 8. The van der Waals surface area contributed by atoms with Gasteiger partial charge in [0.1, 0.15) is 13.2 Å². The van der Waals surface area contributed by atoms with E-state index in [4.69, 9.17) is 14.2 Å². The molecule has 0 saturated carbocycles. The van der Waals surface area contributed by atoms with Crippen LogP contribution in [0, 0.1) is 0 Å². The van der Waals surface area contributed by atoms with Gasteiger partial charge in [0.15, 0.2) is 6.10 Å². The quantitative estimate of drug-likeness (QED) is 0.0262. The second kappa shape index (κ2) is 54.0. The van der Waals surface area contributed by atoms with E-state index in [0.717, 1.165) is 83.5 Å². The lowest BCUT2D eigenvalue weighted by Crippen LogP contribution is -2.30. The summed E-state index contributed by atoms with van der Waals surface area (Å²) in [6.45, 7) is 6.61. The Kier molecular flexibility index (Phi) is 51.8. The average Bonchev–Trinajstić information content (AvgIpc) is 3.30. The molecule has 0 aromatic rings. The molecular formula is C59H106O6. The van der Waals surface area contributed by atoms with Crippen molar-refractivity contribution in [1.29, 1.82) is 0 Å². The molecule has 6 nitrogen and oxygen atoms in total.